The van der Waals surface area contributed by atoms with Crippen LogP contribution < -0.4 is 10.1 Å². The van der Waals surface area contributed by atoms with Crippen molar-refractivity contribution in [3.8, 4) is 5.75 Å². The molecule has 3 aromatic rings. The second-order valence-corrected chi connectivity index (χ2v) is 8.14. The average Bonchev–Trinajstić information content (AvgIpc) is 2.75. The van der Waals surface area contributed by atoms with Crippen LogP contribution in [0.25, 0.3) is 10.9 Å². The van der Waals surface area contributed by atoms with Gasteiger partial charge < -0.3 is 19.9 Å². The van der Waals surface area contributed by atoms with Gasteiger partial charge in [0, 0.05) is 30.0 Å². The number of anilines is 1. The van der Waals surface area contributed by atoms with Gasteiger partial charge >= 0.3 is 5.97 Å². The van der Waals surface area contributed by atoms with E-state index in [1.165, 1.54) is 0 Å². The smallest absolute Gasteiger partial charge is 0.337 e. The van der Waals surface area contributed by atoms with Crippen LogP contribution in [0.3, 0.4) is 0 Å². The first-order chi connectivity index (χ1) is 14.9. The van der Waals surface area contributed by atoms with Crippen molar-refractivity contribution >= 4 is 22.6 Å². The zero-order valence-corrected chi connectivity index (χ0v) is 18.1. The molecule has 0 amide bonds. The van der Waals surface area contributed by atoms with Crippen molar-refractivity contribution in [1.82, 2.24) is 4.98 Å². The Morgan fingerprint density at radius 2 is 1.94 bits per heavy atom. The fourth-order valence-corrected chi connectivity index (χ4v) is 4.08. The summed E-state index contributed by atoms with van der Waals surface area (Å²) in [6, 6.07) is 13.1. The Balaban J connectivity index is 1.71. The van der Waals surface area contributed by atoms with E-state index in [9.17, 15) is 9.90 Å². The van der Waals surface area contributed by atoms with Crippen molar-refractivity contribution in [1.29, 1.82) is 0 Å². The predicted octanol–water partition coefficient (Wildman–Crippen LogP) is 5.28. The molecule has 0 saturated carbocycles. The van der Waals surface area contributed by atoms with Gasteiger partial charge in [0.25, 0.3) is 0 Å². The highest BCUT2D eigenvalue weighted by atomic mass is 16.5. The second kappa shape index (κ2) is 8.94. The van der Waals surface area contributed by atoms with Gasteiger partial charge in [-0.25, -0.2) is 9.78 Å². The molecule has 1 fully saturated rings. The minimum atomic E-state index is -0.950. The van der Waals surface area contributed by atoms with Gasteiger partial charge in [-0.05, 0) is 56.2 Å². The van der Waals surface area contributed by atoms with Crippen LogP contribution in [0.2, 0.25) is 0 Å². The maximum absolute atomic E-state index is 11.6. The number of rotatable bonds is 6. The monoisotopic (exact) mass is 420 g/mol. The lowest BCUT2D eigenvalue weighted by Crippen LogP contribution is -2.26. The first-order valence-electron chi connectivity index (χ1n) is 10.7. The third-order valence-corrected chi connectivity index (χ3v) is 5.71. The SMILES string of the molecule is Cc1cc([C@H](C)Nc2ccccc2C(=O)O)c2cc(OC3CCOCC3)c(C)nc2c1. The lowest BCUT2D eigenvalue weighted by molar-refractivity contribution is 0.0252. The van der Waals surface area contributed by atoms with Gasteiger partial charge in [0.15, 0.2) is 0 Å². The molecule has 1 aliphatic rings. The maximum Gasteiger partial charge on any atom is 0.337 e. The number of benzene rings is 2. The molecule has 2 aromatic carbocycles. The molecule has 2 N–H and O–H groups in total. The number of nitrogens with one attached hydrogen (secondary N) is 1. The molecular weight excluding hydrogens is 392 g/mol. The van der Waals surface area contributed by atoms with Crippen LogP contribution in [0, 0.1) is 13.8 Å². The average molecular weight is 421 g/mol. The number of nitrogens with zero attached hydrogens (tertiary/aromatic N) is 1. The fraction of sp³-hybridized carbons (Fsp3) is 0.360. The number of fused-ring (bicyclic) bond motifs is 1. The molecule has 0 aliphatic carbocycles. The number of carboxylic acid groups (broad SMARTS) is 1. The standard InChI is InChI=1S/C25H28N2O4/c1-15-12-20(16(2)26-22-7-5-4-6-19(22)25(28)29)21-14-24(17(3)27-23(21)13-15)31-18-8-10-30-11-9-18/h4-7,12-14,16,18,26H,8-11H2,1-3H3,(H,28,29)/t16-/m0/s1. The lowest BCUT2D eigenvalue weighted by atomic mass is 9.98. The van der Waals surface area contributed by atoms with Gasteiger partial charge in [0.1, 0.15) is 11.9 Å². The van der Waals surface area contributed by atoms with Crippen LogP contribution in [-0.4, -0.2) is 35.4 Å². The van der Waals surface area contributed by atoms with E-state index in [2.05, 4.69) is 23.5 Å². The Bertz CT molecular complexity index is 1110. The Morgan fingerprint density at radius 3 is 2.68 bits per heavy atom. The van der Waals surface area contributed by atoms with Gasteiger partial charge in [0.05, 0.1) is 30.0 Å². The molecule has 31 heavy (non-hydrogen) atoms. The number of ether oxygens (including phenoxy) is 2. The molecule has 0 spiro atoms. The summed E-state index contributed by atoms with van der Waals surface area (Å²) in [6.07, 6.45) is 1.89. The van der Waals surface area contributed by atoms with Crippen LogP contribution >= 0.6 is 0 Å². The molecule has 0 bridgehead atoms. The number of aromatic carboxylic acids is 1. The molecule has 162 valence electrons. The van der Waals surface area contributed by atoms with Crippen molar-refractivity contribution in [2.45, 2.75) is 45.8 Å². The van der Waals surface area contributed by atoms with Crippen molar-refractivity contribution in [3.63, 3.8) is 0 Å². The predicted molar refractivity (Wildman–Crippen MR) is 121 cm³/mol. The Hall–Kier alpha value is -3.12. The van der Waals surface area contributed by atoms with Crippen molar-refractivity contribution in [3.05, 3.63) is 64.8 Å². The molecular formula is C25H28N2O4. The quantitative estimate of drug-likeness (QED) is 0.565. The van der Waals surface area contributed by atoms with Gasteiger partial charge in [-0.2, -0.15) is 0 Å². The Morgan fingerprint density at radius 1 is 1.19 bits per heavy atom. The number of carboxylic acids is 1. The Kier molecular flexibility index (Phi) is 6.09. The van der Waals surface area contributed by atoms with Gasteiger partial charge in [-0.3, -0.25) is 0 Å². The largest absolute Gasteiger partial charge is 0.488 e. The molecule has 1 saturated heterocycles. The summed E-state index contributed by atoms with van der Waals surface area (Å²) in [7, 11) is 0. The number of hydrogen-bond donors (Lipinski definition) is 2. The lowest BCUT2D eigenvalue weighted by Gasteiger charge is -2.25. The molecule has 6 nitrogen and oxygen atoms in total. The fourth-order valence-electron chi connectivity index (χ4n) is 4.08. The number of aryl methyl sites for hydroxylation is 2. The Labute approximate surface area is 182 Å². The number of para-hydroxylation sites is 1. The van der Waals surface area contributed by atoms with Gasteiger partial charge in [-0.15, -0.1) is 0 Å². The summed E-state index contributed by atoms with van der Waals surface area (Å²) in [5.74, 6) is -0.156. The first-order valence-corrected chi connectivity index (χ1v) is 10.7. The van der Waals surface area contributed by atoms with E-state index < -0.39 is 5.97 Å². The number of aromatic nitrogens is 1. The van der Waals surface area contributed by atoms with E-state index in [0.717, 1.165) is 59.5 Å². The van der Waals surface area contributed by atoms with Crippen LogP contribution in [0.1, 0.15) is 53.0 Å². The molecule has 1 atom stereocenters. The summed E-state index contributed by atoms with van der Waals surface area (Å²) in [4.78, 5) is 16.4. The molecule has 0 radical (unpaired) electrons. The van der Waals surface area contributed by atoms with E-state index >= 15 is 0 Å². The zero-order chi connectivity index (χ0) is 22.0. The molecule has 2 heterocycles. The molecule has 6 heteroatoms. The number of hydrogen-bond acceptors (Lipinski definition) is 5. The van der Waals surface area contributed by atoms with Gasteiger partial charge in [-0.1, -0.05) is 18.2 Å². The molecule has 0 unspecified atom stereocenters. The highest BCUT2D eigenvalue weighted by molar-refractivity contribution is 5.94. The van der Waals surface area contributed by atoms with Crippen molar-refractivity contribution < 1.29 is 19.4 Å². The van der Waals surface area contributed by atoms with Crippen LogP contribution in [0.5, 0.6) is 5.75 Å². The summed E-state index contributed by atoms with van der Waals surface area (Å²) in [5, 5.41) is 13.9. The minimum Gasteiger partial charge on any atom is -0.488 e. The minimum absolute atomic E-state index is 0.122. The van der Waals surface area contributed by atoms with Crippen molar-refractivity contribution in [2.24, 2.45) is 0 Å². The number of pyridine rings is 1. The van der Waals surface area contributed by atoms with Crippen LogP contribution in [0.15, 0.2) is 42.5 Å². The maximum atomic E-state index is 11.6. The van der Waals surface area contributed by atoms with E-state index in [1.54, 1.807) is 18.2 Å². The van der Waals surface area contributed by atoms with Gasteiger partial charge in [0.2, 0.25) is 0 Å². The van der Waals surface area contributed by atoms with Crippen LogP contribution in [-0.2, 0) is 4.74 Å². The molecule has 4 rings (SSSR count). The van der Waals surface area contributed by atoms with Crippen molar-refractivity contribution in [2.75, 3.05) is 18.5 Å². The highest BCUT2D eigenvalue weighted by Crippen LogP contribution is 2.33. The highest BCUT2D eigenvalue weighted by Gasteiger charge is 2.19. The van der Waals surface area contributed by atoms with E-state index in [0.29, 0.717) is 5.69 Å². The summed E-state index contributed by atoms with van der Waals surface area (Å²) >= 11 is 0. The molecule has 1 aromatic heterocycles. The first kappa shape index (κ1) is 21.1. The van der Waals surface area contributed by atoms with E-state index in [1.807, 2.05) is 26.8 Å². The van der Waals surface area contributed by atoms with Crippen LogP contribution in [0.4, 0.5) is 5.69 Å². The third-order valence-electron chi connectivity index (χ3n) is 5.71. The molecule has 1 aliphatic heterocycles. The third kappa shape index (κ3) is 4.64. The topological polar surface area (TPSA) is 80.7 Å². The summed E-state index contributed by atoms with van der Waals surface area (Å²) < 4.78 is 11.7. The van der Waals surface area contributed by atoms with E-state index in [-0.39, 0.29) is 17.7 Å². The van der Waals surface area contributed by atoms with E-state index in [4.69, 9.17) is 14.5 Å². The summed E-state index contributed by atoms with van der Waals surface area (Å²) in [5.41, 5.74) is 4.78. The number of carbonyl (C=O) groups is 1. The second-order valence-electron chi connectivity index (χ2n) is 8.14. The zero-order valence-electron chi connectivity index (χ0n) is 18.1. The summed E-state index contributed by atoms with van der Waals surface area (Å²) in [6.45, 7) is 7.50. The normalized spacial score (nSPS) is 15.6.